The first-order valence-corrected chi connectivity index (χ1v) is 6.49. The summed E-state index contributed by atoms with van der Waals surface area (Å²) in [7, 11) is 0. The van der Waals surface area contributed by atoms with Gasteiger partial charge >= 0.3 is 0 Å². The number of nitrogen functional groups attached to an aromatic ring is 1. The minimum atomic E-state index is -0.328. The number of benzene rings is 3. The molecule has 3 aromatic rings. The second kappa shape index (κ2) is 5.21. The summed E-state index contributed by atoms with van der Waals surface area (Å²) in [4.78, 5) is 0. The molecule has 0 aromatic heterocycles. The lowest BCUT2D eigenvalue weighted by Gasteiger charge is -2.10. The van der Waals surface area contributed by atoms with Crippen molar-refractivity contribution in [2.75, 3.05) is 11.1 Å². The SMILES string of the molecule is Nc1cc(F)cc(NCc2cccc3ccccc23)c1. The number of halogens is 1. The molecule has 0 spiro atoms. The van der Waals surface area contributed by atoms with Crippen molar-refractivity contribution < 1.29 is 4.39 Å². The molecule has 0 heterocycles. The van der Waals surface area contributed by atoms with Crippen LogP contribution in [0.3, 0.4) is 0 Å². The van der Waals surface area contributed by atoms with Crippen LogP contribution in [0.1, 0.15) is 5.56 Å². The maximum atomic E-state index is 13.3. The van der Waals surface area contributed by atoms with Gasteiger partial charge in [0.2, 0.25) is 0 Å². The van der Waals surface area contributed by atoms with Crippen LogP contribution in [0.15, 0.2) is 60.7 Å². The summed E-state index contributed by atoms with van der Waals surface area (Å²) in [5, 5.41) is 5.62. The minimum absolute atomic E-state index is 0.328. The van der Waals surface area contributed by atoms with Gasteiger partial charge in [-0.1, -0.05) is 42.5 Å². The van der Waals surface area contributed by atoms with Gasteiger partial charge in [-0.15, -0.1) is 0 Å². The molecule has 0 aliphatic heterocycles. The molecule has 2 nitrogen and oxygen atoms in total. The van der Waals surface area contributed by atoms with E-state index >= 15 is 0 Å². The molecular weight excluding hydrogens is 251 g/mol. The highest BCUT2D eigenvalue weighted by atomic mass is 19.1. The maximum absolute atomic E-state index is 13.3. The van der Waals surface area contributed by atoms with Crippen molar-refractivity contribution in [3.8, 4) is 0 Å². The fourth-order valence-corrected chi connectivity index (χ4v) is 2.36. The van der Waals surface area contributed by atoms with Crippen LogP contribution in [0.5, 0.6) is 0 Å². The molecule has 3 heteroatoms. The molecule has 3 N–H and O–H groups in total. The fraction of sp³-hybridized carbons (Fsp3) is 0.0588. The van der Waals surface area contributed by atoms with Gasteiger partial charge in [0.25, 0.3) is 0 Å². The molecule has 0 radical (unpaired) electrons. The van der Waals surface area contributed by atoms with Gasteiger partial charge < -0.3 is 11.1 Å². The van der Waals surface area contributed by atoms with Crippen molar-refractivity contribution in [3.63, 3.8) is 0 Å². The van der Waals surface area contributed by atoms with E-state index in [4.69, 9.17) is 5.73 Å². The molecule has 0 saturated carbocycles. The van der Waals surface area contributed by atoms with Gasteiger partial charge in [0.1, 0.15) is 5.82 Å². The Morgan fingerprint density at radius 3 is 2.60 bits per heavy atom. The summed E-state index contributed by atoms with van der Waals surface area (Å²) in [6, 6.07) is 18.9. The Kier molecular flexibility index (Phi) is 3.25. The van der Waals surface area contributed by atoms with E-state index in [9.17, 15) is 4.39 Å². The standard InChI is InChI=1S/C17H15FN2/c18-14-8-15(19)10-16(9-14)20-11-13-6-3-5-12-4-1-2-7-17(12)13/h1-10,20H,11,19H2. The third-order valence-corrected chi connectivity index (χ3v) is 3.28. The summed E-state index contributed by atoms with van der Waals surface area (Å²) in [5.41, 5.74) is 7.92. The average molecular weight is 266 g/mol. The number of rotatable bonds is 3. The van der Waals surface area contributed by atoms with Crippen LogP contribution in [0.4, 0.5) is 15.8 Å². The average Bonchev–Trinajstić information content (AvgIpc) is 2.44. The van der Waals surface area contributed by atoms with Crippen molar-refractivity contribution in [2.45, 2.75) is 6.54 Å². The number of fused-ring (bicyclic) bond motifs is 1. The van der Waals surface area contributed by atoms with Crippen LogP contribution in [0.25, 0.3) is 10.8 Å². The van der Waals surface area contributed by atoms with E-state index < -0.39 is 0 Å². The molecule has 0 fully saturated rings. The highest BCUT2D eigenvalue weighted by molar-refractivity contribution is 5.85. The maximum Gasteiger partial charge on any atom is 0.127 e. The molecule has 0 atom stereocenters. The van der Waals surface area contributed by atoms with Crippen molar-refractivity contribution in [3.05, 3.63) is 72.0 Å². The Labute approximate surface area is 117 Å². The normalized spacial score (nSPS) is 10.7. The van der Waals surface area contributed by atoms with Gasteiger partial charge in [-0.3, -0.25) is 0 Å². The summed E-state index contributed by atoms with van der Waals surface area (Å²) in [5.74, 6) is -0.328. The molecule has 0 bridgehead atoms. The largest absolute Gasteiger partial charge is 0.399 e. The van der Waals surface area contributed by atoms with E-state index in [0.717, 1.165) is 0 Å². The molecule has 20 heavy (non-hydrogen) atoms. The Morgan fingerprint density at radius 2 is 1.75 bits per heavy atom. The molecule has 0 saturated heterocycles. The van der Waals surface area contributed by atoms with Gasteiger partial charge in [0, 0.05) is 17.9 Å². The number of hydrogen-bond donors (Lipinski definition) is 2. The van der Waals surface area contributed by atoms with Crippen molar-refractivity contribution in [1.29, 1.82) is 0 Å². The zero-order chi connectivity index (χ0) is 13.9. The monoisotopic (exact) mass is 266 g/mol. The lowest BCUT2D eigenvalue weighted by molar-refractivity contribution is 0.629. The molecule has 0 aliphatic rings. The summed E-state index contributed by atoms with van der Waals surface area (Å²) in [6.07, 6.45) is 0. The van der Waals surface area contributed by atoms with E-state index in [1.54, 1.807) is 6.07 Å². The molecule has 0 aliphatic carbocycles. The topological polar surface area (TPSA) is 38.0 Å². The first-order valence-electron chi connectivity index (χ1n) is 6.49. The molecule has 0 unspecified atom stereocenters. The number of nitrogens with two attached hydrogens (primary N) is 1. The molecule has 100 valence electrons. The van der Waals surface area contributed by atoms with Gasteiger partial charge in [-0.05, 0) is 34.5 Å². The van der Waals surface area contributed by atoms with Crippen LogP contribution >= 0.6 is 0 Å². The first-order chi connectivity index (χ1) is 9.72. The van der Waals surface area contributed by atoms with Gasteiger partial charge in [0.15, 0.2) is 0 Å². The predicted molar refractivity (Wildman–Crippen MR) is 82.1 cm³/mol. The lowest BCUT2D eigenvalue weighted by atomic mass is 10.0. The quantitative estimate of drug-likeness (QED) is 0.698. The van der Waals surface area contributed by atoms with Crippen molar-refractivity contribution >= 4 is 22.1 Å². The first kappa shape index (κ1) is 12.5. The van der Waals surface area contributed by atoms with E-state index in [-0.39, 0.29) is 5.82 Å². The summed E-state index contributed by atoms with van der Waals surface area (Å²) < 4.78 is 13.3. The highest BCUT2D eigenvalue weighted by Crippen LogP contribution is 2.21. The van der Waals surface area contributed by atoms with Gasteiger partial charge in [-0.25, -0.2) is 4.39 Å². The van der Waals surface area contributed by atoms with E-state index in [2.05, 4.69) is 29.6 Å². The zero-order valence-corrected chi connectivity index (χ0v) is 10.9. The van der Waals surface area contributed by atoms with Crippen molar-refractivity contribution in [2.24, 2.45) is 0 Å². The zero-order valence-electron chi connectivity index (χ0n) is 10.9. The summed E-state index contributed by atoms with van der Waals surface area (Å²) >= 11 is 0. The Morgan fingerprint density at radius 1 is 0.950 bits per heavy atom. The van der Waals surface area contributed by atoms with Gasteiger partial charge in [-0.2, -0.15) is 0 Å². The van der Waals surface area contributed by atoms with E-state index in [1.807, 2.05) is 18.2 Å². The van der Waals surface area contributed by atoms with Gasteiger partial charge in [0.05, 0.1) is 0 Å². The van der Waals surface area contributed by atoms with Crippen LogP contribution in [-0.4, -0.2) is 0 Å². The van der Waals surface area contributed by atoms with Crippen LogP contribution < -0.4 is 11.1 Å². The molecule has 0 amide bonds. The molecular formula is C17H15FN2. The Bertz CT molecular complexity index is 727. The van der Waals surface area contributed by atoms with Crippen LogP contribution in [0, 0.1) is 5.82 Å². The smallest absolute Gasteiger partial charge is 0.127 e. The number of hydrogen-bond acceptors (Lipinski definition) is 2. The second-order valence-electron chi connectivity index (χ2n) is 4.77. The summed E-state index contributed by atoms with van der Waals surface area (Å²) in [6.45, 7) is 0.629. The Hall–Kier alpha value is -2.55. The van der Waals surface area contributed by atoms with E-state index in [0.29, 0.717) is 17.9 Å². The van der Waals surface area contributed by atoms with Crippen LogP contribution in [0.2, 0.25) is 0 Å². The third kappa shape index (κ3) is 2.57. The minimum Gasteiger partial charge on any atom is -0.399 e. The molecule has 3 aromatic carbocycles. The lowest BCUT2D eigenvalue weighted by Crippen LogP contribution is -2.01. The highest BCUT2D eigenvalue weighted by Gasteiger charge is 2.02. The fourth-order valence-electron chi connectivity index (χ4n) is 2.36. The number of anilines is 2. The van der Waals surface area contributed by atoms with Crippen molar-refractivity contribution in [1.82, 2.24) is 0 Å². The predicted octanol–water partition coefficient (Wildman–Crippen LogP) is 4.17. The third-order valence-electron chi connectivity index (χ3n) is 3.28. The second-order valence-corrected chi connectivity index (χ2v) is 4.77. The van der Waals surface area contributed by atoms with Crippen LogP contribution in [-0.2, 0) is 6.54 Å². The molecule has 3 rings (SSSR count). The Balaban J connectivity index is 1.87. The van der Waals surface area contributed by atoms with E-state index in [1.165, 1.54) is 28.5 Å². The number of nitrogens with one attached hydrogen (secondary N) is 1.